The summed E-state index contributed by atoms with van der Waals surface area (Å²) in [4.78, 5) is 4.36. The van der Waals surface area contributed by atoms with Gasteiger partial charge in [-0.25, -0.2) is 4.98 Å². The second-order valence-electron chi connectivity index (χ2n) is 3.94. The third-order valence-corrected chi connectivity index (χ3v) is 3.76. The maximum Gasteiger partial charge on any atom is 0.118 e. The Kier molecular flexibility index (Phi) is 3.84. The first-order valence-corrected chi connectivity index (χ1v) is 6.28. The molecule has 1 heterocycles. The van der Waals surface area contributed by atoms with Crippen LogP contribution >= 0.6 is 15.9 Å². The standard InChI is InChI=1S/C13H15BrN2O/c1-16-9-15-12(13(16)14)8-5-10-3-6-11(17-2)7-4-10/h3-4,6-7,9H,5,8H2,1-2H3. The average molecular weight is 295 g/mol. The number of methoxy groups -OCH3 is 1. The van der Waals surface area contributed by atoms with Crippen LogP contribution in [0.1, 0.15) is 11.3 Å². The predicted octanol–water partition coefficient (Wildman–Crippen LogP) is 2.98. The van der Waals surface area contributed by atoms with Crippen LogP contribution < -0.4 is 4.74 Å². The lowest BCUT2D eigenvalue weighted by Crippen LogP contribution is -1.94. The Labute approximate surface area is 110 Å². The van der Waals surface area contributed by atoms with Gasteiger partial charge in [0.25, 0.3) is 0 Å². The molecule has 0 amide bonds. The molecule has 0 N–H and O–H groups in total. The molecule has 0 saturated carbocycles. The highest BCUT2D eigenvalue weighted by molar-refractivity contribution is 9.10. The summed E-state index contributed by atoms with van der Waals surface area (Å²) >= 11 is 3.53. The molecule has 0 spiro atoms. The van der Waals surface area contributed by atoms with Crippen molar-refractivity contribution < 1.29 is 4.74 Å². The van der Waals surface area contributed by atoms with Crippen LogP contribution in [0, 0.1) is 0 Å². The van der Waals surface area contributed by atoms with Crippen LogP contribution in [0.15, 0.2) is 35.2 Å². The molecule has 17 heavy (non-hydrogen) atoms. The lowest BCUT2D eigenvalue weighted by atomic mass is 10.1. The zero-order valence-corrected chi connectivity index (χ0v) is 11.6. The number of imidazole rings is 1. The van der Waals surface area contributed by atoms with Crippen LogP contribution in [0.25, 0.3) is 0 Å². The van der Waals surface area contributed by atoms with Crippen LogP contribution in [0.5, 0.6) is 5.75 Å². The molecule has 0 fully saturated rings. The van der Waals surface area contributed by atoms with Gasteiger partial charge in [-0.2, -0.15) is 0 Å². The summed E-state index contributed by atoms with van der Waals surface area (Å²) in [7, 11) is 3.66. The molecule has 2 rings (SSSR count). The van der Waals surface area contributed by atoms with E-state index in [1.807, 2.05) is 30.1 Å². The number of hydrogen-bond donors (Lipinski definition) is 0. The number of halogens is 1. The van der Waals surface area contributed by atoms with E-state index < -0.39 is 0 Å². The third-order valence-electron chi connectivity index (χ3n) is 2.74. The van der Waals surface area contributed by atoms with Gasteiger partial charge in [-0.1, -0.05) is 12.1 Å². The van der Waals surface area contributed by atoms with Gasteiger partial charge in [0, 0.05) is 7.05 Å². The summed E-state index contributed by atoms with van der Waals surface area (Å²) in [5.41, 5.74) is 2.40. The molecule has 0 atom stereocenters. The molecule has 1 aromatic heterocycles. The second kappa shape index (κ2) is 5.36. The van der Waals surface area contributed by atoms with E-state index >= 15 is 0 Å². The smallest absolute Gasteiger partial charge is 0.118 e. The lowest BCUT2D eigenvalue weighted by molar-refractivity contribution is 0.414. The van der Waals surface area contributed by atoms with Crippen LogP contribution in [0.4, 0.5) is 0 Å². The first-order chi connectivity index (χ1) is 8.20. The molecule has 0 aliphatic rings. The lowest BCUT2D eigenvalue weighted by Gasteiger charge is -2.03. The molecule has 0 unspecified atom stereocenters. The van der Waals surface area contributed by atoms with E-state index in [1.54, 1.807) is 7.11 Å². The SMILES string of the molecule is COc1ccc(CCc2ncn(C)c2Br)cc1. The quantitative estimate of drug-likeness (QED) is 0.867. The number of ether oxygens (including phenoxy) is 1. The molecular weight excluding hydrogens is 280 g/mol. The topological polar surface area (TPSA) is 27.1 Å². The van der Waals surface area contributed by atoms with Gasteiger partial charge in [-0.15, -0.1) is 0 Å². The minimum atomic E-state index is 0.896. The molecule has 4 heteroatoms. The normalized spacial score (nSPS) is 10.5. The monoisotopic (exact) mass is 294 g/mol. The maximum atomic E-state index is 5.13. The Morgan fingerprint density at radius 3 is 2.47 bits per heavy atom. The van der Waals surface area contributed by atoms with Crippen molar-refractivity contribution in [1.29, 1.82) is 0 Å². The number of hydrogen-bond acceptors (Lipinski definition) is 2. The zero-order chi connectivity index (χ0) is 12.3. The van der Waals surface area contributed by atoms with Crippen LogP contribution in [-0.4, -0.2) is 16.7 Å². The van der Waals surface area contributed by atoms with Crippen molar-refractivity contribution in [2.24, 2.45) is 7.05 Å². The fraction of sp³-hybridized carbons (Fsp3) is 0.308. The Bertz CT molecular complexity index is 491. The summed E-state index contributed by atoms with van der Waals surface area (Å²) in [6.45, 7) is 0. The molecule has 2 aromatic rings. The molecule has 90 valence electrons. The minimum Gasteiger partial charge on any atom is -0.497 e. The van der Waals surface area contributed by atoms with Gasteiger partial charge in [-0.05, 0) is 46.5 Å². The summed E-state index contributed by atoms with van der Waals surface area (Å²) in [5.74, 6) is 0.896. The minimum absolute atomic E-state index is 0.896. The summed E-state index contributed by atoms with van der Waals surface area (Å²) in [6, 6.07) is 8.16. The van der Waals surface area contributed by atoms with Gasteiger partial charge in [0.15, 0.2) is 0 Å². The van der Waals surface area contributed by atoms with Crippen molar-refractivity contribution >= 4 is 15.9 Å². The van der Waals surface area contributed by atoms with E-state index in [1.165, 1.54) is 5.56 Å². The highest BCUT2D eigenvalue weighted by Crippen LogP contribution is 2.17. The summed E-state index contributed by atoms with van der Waals surface area (Å²) in [5, 5.41) is 0. The first-order valence-electron chi connectivity index (χ1n) is 5.49. The van der Waals surface area contributed by atoms with Crippen molar-refractivity contribution in [2.75, 3.05) is 7.11 Å². The van der Waals surface area contributed by atoms with E-state index in [0.29, 0.717) is 0 Å². The first kappa shape index (κ1) is 12.2. The highest BCUT2D eigenvalue weighted by Gasteiger charge is 2.05. The number of nitrogens with zero attached hydrogens (tertiary/aromatic N) is 2. The van der Waals surface area contributed by atoms with E-state index in [-0.39, 0.29) is 0 Å². The predicted molar refractivity (Wildman–Crippen MR) is 71.3 cm³/mol. The fourth-order valence-corrected chi connectivity index (χ4v) is 2.08. The van der Waals surface area contributed by atoms with Gasteiger partial charge < -0.3 is 9.30 Å². The number of rotatable bonds is 4. The Morgan fingerprint density at radius 2 is 1.94 bits per heavy atom. The molecule has 1 aromatic carbocycles. The Morgan fingerprint density at radius 1 is 1.24 bits per heavy atom. The van der Waals surface area contributed by atoms with Crippen molar-refractivity contribution in [3.05, 3.63) is 46.5 Å². The molecule has 0 aliphatic heterocycles. The Balaban J connectivity index is 2.00. The maximum absolute atomic E-state index is 5.13. The van der Waals surface area contributed by atoms with Gasteiger partial charge in [0.1, 0.15) is 10.4 Å². The van der Waals surface area contributed by atoms with Gasteiger partial charge >= 0.3 is 0 Å². The van der Waals surface area contributed by atoms with E-state index in [4.69, 9.17) is 4.74 Å². The fourth-order valence-electron chi connectivity index (χ4n) is 1.69. The molecule has 0 aliphatic carbocycles. The number of aromatic nitrogens is 2. The molecule has 0 saturated heterocycles. The van der Waals surface area contributed by atoms with E-state index in [2.05, 4.69) is 33.0 Å². The number of aryl methyl sites for hydroxylation is 3. The van der Waals surface area contributed by atoms with Crippen molar-refractivity contribution in [2.45, 2.75) is 12.8 Å². The molecule has 3 nitrogen and oxygen atoms in total. The van der Waals surface area contributed by atoms with Crippen LogP contribution in [-0.2, 0) is 19.9 Å². The number of benzene rings is 1. The highest BCUT2D eigenvalue weighted by atomic mass is 79.9. The van der Waals surface area contributed by atoms with Gasteiger partial charge in [-0.3, -0.25) is 0 Å². The van der Waals surface area contributed by atoms with Crippen molar-refractivity contribution in [1.82, 2.24) is 9.55 Å². The second-order valence-corrected chi connectivity index (χ2v) is 4.69. The van der Waals surface area contributed by atoms with Crippen LogP contribution in [0.3, 0.4) is 0 Å². The summed E-state index contributed by atoms with van der Waals surface area (Å²) in [6.07, 6.45) is 3.75. The third kappa shape index (κ3) is 2.88. The van der Waals surface area contributed by atoms with Crippen molar-refractivity contribution in [3.63, 3.8) is 0 Å². The molecular formula is C13H15BrN2O. The van der Waals surface area contributed by atoms with Crippen LogP contribution in [0.2, 0.25) is 0 Å². The average Bonchev–Trinajstić information content (AvgIpc) is 2.68. The van der Waals surface area contributed by atoms with Gasteiger partial charge in [0.05, 0.1) is 19.1 Å². The van der Waals surface area contributed by atoms with E-state index in [9.17, 15) is 0 Å². The molecule has 0 radical (unpaired) electrons. The summed E-state index contributed by atoms with van der Waals surface area (Å²) < 4.78 is 8.17. The molecule has 0 bridgehead atoms. The van der Waals surface area contributed by atoms with Gasteiger partial charge in [0.2, 0.25) is 0 Å². The van der Waals surface area contributed by atoms with Crippen molar-refractivity contribution in [3.8, 4) is 5.75 Å². The largest absolute Gasteiger partial charge is 0.497 e. The Hall–Kier alpha value is -1.29. The van der Waals surface area contributed by atoms with E-state index in [0.717, 1.165) is 28.9 Å². The zero-order valence-electron chi connectivity index (χ0n) is 9.98.